The molecule has 0 saturated heterocycles. The van der Waals surface area contributed by atoms with E-state index in [1.54, 1.807) is 7.05 Å². The van der Waals surface area contributed by atoms with Gasteiger partial charge in [0.05, 0.1) is 4.47 Å². The average molecular weight is 372 g/mol. The van der Waals surface area contributed by atoms with Crippen LogP contribution in [0.25, 0.3) is 0 Å². The van der Waals surface area contributed by atoms with Crippen molar-refractivity contribution in [3.8, 4) is 11.5 Å². The third kappa shape index (κ3) is 4.78. The zero-order valence-electron chi connectivity index (χ0n) is 12.9. The summed E-state index contributed by atoms with van der Waals surface area (Å²) in [7, 11) is 1.76. The van der Waals surface area contributed by atoms with Crippen molar-refractivity contribution in [2.24, 2.45) is 4.99 Å². The van der Waals surface area contributed by atoms with Crippen LogP contribution >= 0.6 is 15.9 Å². The fraction of sp³-hybridized carbons (Fsp3) is 0.533. The number of rotatable bonds is 7. The molecule has 0 saturated carbocycles. The number of guanidine groups is 1. The molecule has 1 aliphatic rings. The molecule has 2 rings (SSSR count). The summed E-state index contributed by atoms with van der Waals surface area (Å²) >= 11 is 3.50. The molecule has 6 nitrogen and oxygen atoms in total. The van der Waals surface area contributed by atoms with Gasteiger partial charge in [-0.25, -0.2) is 0 Å². The SMILES string of the molecule is CCOCCCNC(=NC)NCc1cc(Br)c2c(c1)OCO2. The molecule has 0 spiro atoms. The van der Waals surface area contributed by atoms with Crippen LogP contribution in [-0.4, -0.2) is 39.6 Å². The van der Waals surface area contributed by atoms with E-state index in [4.69, 9.17) is 14.2 Å². The molecule has 1 aliphatic heterocycles. The Labute approximate surface area is 139 Å². The van der Waals surface area contributed by atoms with Crippen molar-refractivity contribution in [3.63, 3.8) is 0 Å². The van der Waals surface area contributed by atoms with Crippen molar-refractivity contribution >= 4 is 21.9 Å². The molecule has 0 aliphatic carbocycles. The lowest BCUT2D eigenvalue weighted by molar-refractivity contribution is 0.145. The highest BCUT2D eigenvalue weighted by Gasteiger charge is 2.17. The van der Waals surface area contributed by atoms with Crippen molar-refractivity contribution < 1.29 is 14.2 Å². The molecule has 0 fully saturated rings. The van der Waals surface area contributed by atoms with E-state index in [9.17, 15) is 0 Å². The van der Waals surface area contributed by atoms with Crippen molar-refractivity contribution in [2.75, 3.05) is 33.6 Å². The number of halogens is 1. The number of benzene rings is 1. The van der Waals surface area contributed by atoms with Crippen LogP contribution < -0.4 is 20.1 Å². The lowest BCUT2D eigenvalue weighted by Gasteiger charge is -2.12. The summed E-state index contributed by atoms with van der Waals surface area (Å²) in [5.74, 6) is 2.30. The van der Waals surface area contributed by atoms with Crippen LogP contribution in [0.1, 0.15) is 18.9 Å². The maximum absolute atomic E-state index is 5.42. The van der Waals surface area contributed by atoms with E-state index >= 15 is 0 Å². The van der Waals surface area contributed by atoms with Gasteiger partial charge in [-0.1, -0.05) is 0 Å². The van der Waals surface area contributed by atoms with Crippen molar-refractivity contribution in [3.05, 3.63) is 22.2 Å². The fourth-order valence-electron chi connectivity index (χ4n) is 2.05. The molecule has 1 heterocycles. The maximum Gasteiger partial charge on any atom is 0.231 e. The number of hydrogen-bond donors (Lipinski definition) is 2. The normalized spacial score (nSPS) is 13.3. The van der Waals surface area contributed by atoms with Gasteiger partial charge in [-0.3, -0.25) is 4.99 Å². The maximum atomic E-state index is 5.42. The fourth-order valence-corrected chi connectivity index (χ4v) is 2.66. The van der Waals surface area contributed by atoms with Crippen LogP contribution in [-0.2, 0) is 11.3 Å². The summed E-state index contributed by atoms with van der Waals surface area (Å²) in [6.45, 7) is 5.26. The van der Waals surface area contributed by atoms with Crippen molar-refractivity contribution in [1.82, 2.24) is 10.6 Å². The molecule has 1 aromatic rings. The first-order valence-electron chi connectivity index (χ1n) is 7.35. The van der Waals surface area contributed by atoms with Crippen LogP contribution in [0.4, 0.5) is 0 Å². The monoisotopic (exact) mass is 371 g/mol. The molecule has 0 amide bonds. The third-order valence-electron chi connectivity index (χ3n) is 3.13. The van der Waals surface area contributed by atoms with Crippen molar-refractivity contribution in [2.45, 2.75) is 19.9 Å². The standard InChI is InChI=1S/C15H22BrN3O3/c1-3-20-6-4-5-18-15(17-2)19-9-11-7-12(16)14-13(8-11)21-10-22-14/h7-8H,3-6,9-10H2,1-2H3,(H2,17,18,19). The summed E-state index contributed by atoms with van der Waals surface area (Å²) in [5.41, 5.74) is 1.09. The zero-order valence-corrected chi connectivity index (χ0v) is 14.5. The van der Waals surface area contributed by atoms with Gasteiger partial charge in [0.1, 0.15) is 0 Å². The Kier molecular flexibility index (Phi) is 6.79. The Morgan fingerprint density at radius 3 is 3.00 bits per heavy atom. The van der Waals surface area contributed by atoms with Gasteiger partial charge >= 0.3 is 0 Å². The topological polar surface area (TPSA) is 64.1 Å². The van der Waals surface area contributed by atoms with Gasteiger partial charge in [0.2, 0.25) is 6.79 Å². The molecular formula is C15H22BrN3O3. The lowest BCUT2D eigenvalue weighted by Crippen LogP contribution is -2.37. The second-order valence-electron chi connectivity index (χ2n) is 4.71. The molecule has 2 N–H and O–H groups in total. The van der Waals surface area contributed by atoms with Gasteiger partial charge in [0, 0.05) is 33.4 Å². The van der Waals surface area contributed by atoms with Gasteiger partial charge in [0.15, 0.2) is 17.5 Å². The Bertz CT molecular complexity index is 523. The Balaban J connectivity index is 1.80. The lowest BCUT2D eigenvalue weighted by atomic mass is 10.2. The van der Waals surface area contributed by atoms with E-state index in [0.29, 0.717) is 6.54 Å². The van der Waals surface area contributed by atoms with Crippen LogP contribution in [0.5, 0.6) is 11.5 Å². The first-order valence-corrected chi connectivity index (χ1v) is 8.14. The van der Waals surface area contributed by atoms with Crippen LogP contribution in [0.3, 0.4) is 0 Å². The molecular weight excluding hydrogens is 350 g/mol. The first kappa shape index (κ1) is 16.9. The summed E-state index contributed by atoms with van der Waals surface area (Å²) < 4.78 is 17.0. The summed E-state index contributed by atoms with van der Waals surface area (Å²) in [5, 5.41) is 6.53. The Morgan fingerprint density at radius 1 is 1.36 bits per heavy atom. The van der Waals surface area contributed by atoms with E-state index < -0.39 is 0 Å². The van der Waals surface area contributed by atoms with Gasteiger partial charge in [-0.05, 0) is 47.0 Å². The minimum absolute atomic E-state index is 0.272. The summed E-state index contributed by atoms with van der Waals surface area (Å²) in [4.78, 5) is 4.20. The minimum atomic E-state index is 0.272. The predicted molar refractivity (Wildman–Crippen MR) is 89.6 cm³/mol. The zero-order chi connectivity index (χ0) is 15.8. The molecule has 7 heteroatoms. The molecule has 0 radical (unpaired) electrons. The molecule has 0 aromatic heterocycles. The number of nitrogens with one attached hydrogen (secondary N) is 2. The highest BCUT2D eigenvalue weighted by atomic mass is 79.9. The van der Waals surface area contributed by atoms with E-state index in [2.05, 4.69) is 31.6 Å². The third-order valence-corrected chi connectivity index (χ3v) is 3.72. The highest BCUT2D eigenvalue weighted by molar-refractivity contribution is 9.10. The summed E-state index contributed by atoms with van der Waals surface area (Å²) in [6.07, 6.45) is 0.949. The molecule has 0 bridgehead atoms. The first-order chi connectivity index (χ1) is 10.7. The van der Waals surface area contributed by atoms with Gasteiger partial charge in [0.25, 0.3) is 0 Å². The minimum Gasteiger partial charge on any atom is -0.454 e. The largest absolute Gasteiger partial charge is 0.454 e. The molecule has 122 valence electrons. The Hall–Kier alpha value is -1.47. The summed E-state index contributed by atoms with van der Waals surface area (Å²) in [6, 6.07) is 3.99. The average Bonchev–Trinajstić information content (AvgIpc) is 2.99. The highest BCUT2D eigenvalue weighted by Crippen LogP contribution is 2.39. The number of aliphatic imine (C=N–C) groups is 1. The number of fused-ring (bicyclic) bond motifs is 1. The second kappa shape index (κ2) is 8.85. The molecule has 1 aromatic carbocycles. The quantitative estimate of drug-likeness (QED) is 0.437. The van der Waals surface area contributed by atoms with Crippen LogP contribution in [0, 0.1) is 0 Å². The molecule has 0 atom stereocenters. The smallest absolute Gasteiger partial charge is 0.231 e. The van der Waals surface area contributed by atoms with E-state index in [-0.39, 0.29) is 6.79 Å². The van der Waals surface area contributed by atoms with E-state index in [1.165, 1.54) is 0 Å². The second-order valence-corrected chi connectivity index (χ2v) is 5.57. The molecule has 0 unspecified atom stereocenters. The van der Waals surface area contributed by atoms with E-state index in [0.717, 1.165) is 53.7 Å². The van der Waals surface area contributed by atoms with Gasteiger partial charge in [-0.2, -0.15) is 0 Å². The van der Waals surface area contributed by atoms with Crippen molar-refractivity contribution in [1.29, 1.82) is 0 Å². The van der Waals surface area contributed by atoms with Crippen LogP contribution in [0.15, 0.2) is 21.6 Å². The Morgan fingerprint density at radius 2 is 2.23 bits per heavy atom. The number of nitrogens with zero attached hydrogens (tertiary/aromatic N) is 1. The van der Waals surface area contributed by atoms with Crippen LogP contribution in [0.2, 0.25) is 0 Å². The number of hydrogen-bond acceptors (Lipinski definition) is 4. The van der Waals surface area contributed by atoms with Gasteiger partial charge < -0.3 is 24.8 Å². The van der Waals surface area contributed by atoms with Gasteiger partial charge in [-0.15, -0.1) is 0 Å². The van der Waals surface area contributed by atoms with E-state index in [1.807, 2.05) is 19.1 Å². The molecule has 22 heavy (non-hydrogen) atoms. The predicted octanol–water partition coefficient (Wildman–Crippen LogP) is 2.27. The number of ether oxygens (including phenoxy) is 3.